The number of ketones is 1. The second kappa shape index (κ2) is 36.0. The zero-order chi connectivity index (χ0) is 47.6. The number of hydrogen-bond acceptors (Lipinski definition) is 14. The Morgan fingerprint density at radius 2 is 1.05 bits per heavy atom. The molecule has 0 heterocycles. The van der Waals surface area contributed by atoms with Crippen molar-refractivity contribution in [3.05, 3.63) is 36.5 Å². The maximum Gasteiger partial charge on any atom is 0.472 e. The monoisotopic (exact) mass is 954 g/mol. The standard InChI is InChI=1S/C45H80O17P2/c1-3-5-7-9-11-12-13-14-15-16-17-18-20-24-28-32-38(47)58-34-37(60-39(48)33-29-25-21-23-27-31-36(46)30-26-22-19-10-8-6-4-2)35-59-64(56,57)62-45-42(51)40(49)41(50)44(43(45)52)61-63(53,54)55/h5,7,19,22,26,30,37,40-45,49-52H,3-4,6,8-18,20-21,23-25,27-29,31-35H2,1-2H3,(H,56,57)(H2,53,54,55)/b7-5-,22-19-,30-26+/t37-,40?,41?,42?,43?,44-,45+/m1/s1. The van der Waals surface area contributed by atoms with Gasteiger partial charge in [-0.2, -0.15) is 0 Å². The Hall–Kier alpha value is -2.11. The molecule has 7 N–H and O–H groups in total. The van der Waals surface area contributed by atoms with Gasteiger partial charge in [-0.05, 0) is 57.4 Å². The molecule has 8 atom stereocenters. The summed E-state index contributed by atoms with van der Waals surface area (Å²) in [7, 11) is -10.7. The van der Waals surface area contributed by atoms with Crippen molar-refractivity contribution in [3.8, 4) is 0 Å². The van der Waals surface area contributed by atoms with Crippen LogP contribution in [0, 0.1) is 0 Å². The van der Waals surface area contributed by atoms with Crippen molar-refractivity contribution in [2.45, 2.75) is 217 Å². The summed E-state index contributed by atoms with van der Waals surface area (Å²) in [5.41, 5.74) is 0. The summed E-state index contributed by atoms with van der Waals surface area (Å²) in [5, 5.41) is 41.2. The Bertz CT molecular complexity index is 1450. The highest BCUT2D eigenvalue weighted by atomic mass is 31.2. The van der Waals surface area contributed by atoms with Crippen LogP contribution in [0.4, 0.5) is 0 Å². The lowest BCUT2D eigenvalue weighted by molar-refractivity contribution is -0.216. The van der Waals surface area contributed by atoms with E-state index in [1.165, 1.54) is 44.9 Å². The van der Waals surface area contributed by atoms with Crippen LogP contribution in [-0.2, 0) is 46.6 Å². The second-order valence-corrected chi connectivity index (χ2v) is 19.1. The van der Waals surface area contributed by atoms with Gasteiger partial charge in [0.05, 0.1) is 6.61 Å². The first-order valence-electron chi connectivity index (χ1n) is 23.5. The van der Waals surface area contributed by atoms with Crippen LogP contribution in [-0.4, -0.2) is 109 Å². The van der Waals surface area contributed by atoms with Crippen LogP contribution in [0.3, 0.4) is 0 Å². The van der Waals surface area contributed by atoms with Crippen LogP contribution < -0.4 is 0 Å². The molecule has 0 aromatic heterocycles. The van der Waals surface area contributed by atoms with Crippen molar-refractivity contribution in [1.82, 2.24) is 0 Å². The van der Waals surface area contributed by atoms with Gasteiger partial charge in [0.2, 0.25) is 0 Å². The lowest BCUT2D eigenvalue weighted by Crippen LogP contribution is -2.64. The van der Waals surface area contributed by atoms with Crippen molar-refractivity contribution >= 4 is 33.4 Å². The second-order valence-electron chi connectivity index (χ2n) is 16.5. The van der Waals surface area contributed by atoms with E-state index in [-0.39, 0.29) is 18.6 Å². The number of allylic oxidation sites excluding steroid dienone is 6. The summed E-state index contributed by atoms with van der Waals surface area (Å²) in [4.78, 5) is 66.3. The van der Waals surface area contributed by atoms with E-state index in [4.69, 9.17) is 28.3 Å². The fourth-order valence-electron chi connectivity index (χ4n) is 7.01. The van der Waals surface area contributed by atoms with Gasteiger partial charge in [-0.15, -0.1) is 0 Å². The Labute approximate surface area is 380 Å². The molecule has 0 spiro atoms. The van der Waals surface area contributed by atoms with Crippen molar-refractivity contribution in [3.63, 3.8) is 0 Å². The molecular formula is C45H80O17P2. The number of aliphatic hydroxyl groups is 4. The first-order valence-corrected chi connectivity index (χ1v) is 26.5. The fraction of sp³-hybridized carbons (Fsp3) is 0.800. The molecule has 0 aromatic carbocycles. The Morgan fingerprint density at radius 1 is 0.547 bits per heavy atom. The van der Waals surface area contributed by atoms with E-state index < -0.39 is 83.5 Å². The zero-order valence-electron chi connectivity index (χ0n) is 38.2. The maximum atomic E-state index is 13.0. The molecule has 0 aromatic rings. The first kappa shape index (κ1) is 59.9. The molecule has 1 fully saturated rings. The Balaban J connectivity index is 2.63. The quantitative estimate of drug-likeness (QED) is 0.00770. The van der Waals surface area contributed by atoms with Gasteiger partial charge in [0.25, 0.3) is 0 Å². The lowest BCUT2D eigenvalue weighted by Gasteiger charge is -2.43. The highest BCUT2D eigenvalue weighted by molar-refractivity contribution is 7.47. The number of ether oxygens (including phenoxy) is 2. The summed E-state index contributed by atoms with van der Waals surface area (Å²) >= 11 is 0. The highest BCUT2D eigenvalue weighted by Gasteiger charge is 2.54. The van der Waals surface area contributed by atoms with Crippen LogP contribution in [0.2, 0.25) is 0 Å². The number of carbonyl (C=O) groups excluding carboxylic acids is 3. The largest absolute Gasteiger partial charge is 0.472 e. The average molecular weight is 955 g/mol. The van der Waals surface area contributed by atoms with Crippen molar-refractivity contribution in [2.75, 3.05) is 13.2 Å². The maximum absolute atomic E-state index is 13.0. The SMILES string of the molecule is CC/C=C\CCCCCCCCCCCCCC(=O)OC[C@H](COP(=O)(O)O[C@H]1C(O)C(O)C(O)[C@@H](OP(=O)(O)O)C1O)OC(=O)CCCCCCCC(=O)/C=C/C=C\CCCCC. The smallest absolute Gasteiger partial charge is 0.462 e. The summed E-state index contributed by atoms with van der Waals surface area (Å²) in [5.74, 6) is -1.25. The van der Waals surface area contributed by atoms with Crippen LogP contribution in [0.15, 0.2) is 36.5 Å². The fourth-order valence-corrected chi connectivity index (χ4v) is 8.55. The Morgan fingerprint density at radius 3 is 1.61 bits per heavy atom. The number of rotatable bonds is 39. The first-order chi connectivity index (χ1) is 30.5. The number of phosphoric acid groups is 2. The van der Waals surface area contributed by atoms with Crippen molar-refractivity contribution in [2.24, 2.45) is 0 Å². The minimum atomic E-state index is -5.38. The van der Waals surface area contributed by atoms with Gasteiger partial charge in [-0.1, -0.05) is 134 Å². The number of hydrogen-bond donors (Lipinski definition) is 7. The van der Waals surface area contributed by atoms with E-state index in [0.717, 1.165) is 70.6 Å². The molecule has 1 aliphatic rings. The summed E-state index contributed by atoms with van der Waals surface area (Å²) in [6, 6.07) is 0. The number of esters is 2. The van der Waals surface area contributed by atoms with Gasteiger partial charge in [0.15, 0.2) is 11.9 Å². The van der Waals surface area contributed by atoms with E-state index in [9.17, 15) is 48.8 Å². The number of carbonyl (C=O) groups is 3. The van der Waals surface area contributed by atoms with Crippen LogP contribution in [0.5, 0.6) is 0 Å². The van der Waals surface area contributed by atoms with Crippen molar-refractivity contribution < 1.29 is 81.7 Å². The van der Waals surface area contributed by atoms with Gasteiger partial charge >= 0.3 is 27.6 Å². The highest BCUT2D eigenvalue weighted by Crippen LogP contribution is 2.49. The van der Waals surface area contributed by atoms with Gasteiger partial charge in [-0.3, -0.25) is 28.0 Å². The third kappa shape index (κ3) is 30.2. The molecule has 1 aliphatic carbocycles. The molecule has 0 bridgehead atoms. The van der Waals surface area contributed by atoms with E-state index in [1.54, 1.807) is 12.2 Å². The van der Waals surface area contributed by atoms with E-state index in [2.05, 4.69) is 36.6 Å². The molecule has 64 heavy (non-hydrogen) atoms. The van der Waals surface area contributed by atoms with Crippen LogP contribution in [0.1, 0.15) is 174 Å². The molecular weight excluding hydrogens is 874 g/mol. The van der Waals surface area contributed by atoms with Gasteiger partial charge in [0.1, 0.15) is 43.2 Å². The predicted molar refractivity (Wildman–Crippen MR) is 242 cm³/mol. The van der Waals surface area contributed by atoms with E-state index >= 15 is 0 Å². The predicted octanol–water partition coefficient (Wildman–Crippen LogP) is 7.91. The van der Waals surface area contributed by atoms with E-state index in [0.29, 0.717) is 32.1 Å². The molecule has 0 radical (unpaired) electrons. The van der Waals surface area contributed by atoms with Crippen LogP contribution in [0.25, 0.3) is 0 Å². The number of unbranched alkanes of at least 4 members (excludes halogenated alkanes) is 18. The molecule has 17 nitrogen and oxygen atoms in total. The minimum Gasteiger partial charge on any atom is -0.462 e. The van der Waals surface area contributed by atoms with Crippen molar-refractivity contribution in [1.29, 1.82) is 0 Å². The third-order valence-corrected chi connectivity index (χ3v) is 12.2. The summed E-state index contributed by atoms with van der Waals surface area (Å²) < 4.78 is 49.3. The van der Waals surface area contributed by atoms with Gasteiger partial charge in [-0.25, -0.2) is 9.13 Å². The normalized spacial score (nSPS) is 22.0. The number of aliphatic hydroxyl groups excluding tert-OH is 4. The summed E-state index contributed by atoms with van der Waals surface area (Å²) in [6.07, 6.45) is 19.3. The topological polar surface area (TPSA) is 273 Å². The average Bonchev–Trinajstić information content (AvgIpc) is 3.24. The third-order valence-electron chi connectivity index (χ3n) is 10.7. The molecule has 0 saturated heterocycles. The zero-order valence-corrected chi connectivity index (χ0v) is 40.0. The molecule has 5 unspecified atom stereocenters. The number of phosphoric ester groups is 2. The molecule has 372 valence electrons. The molecule has 0 amide bonds. The molecule has 1 rings (SSSR count). The van der Waals surface area contributed by atoms with Gasteiger partial charge < -0.3 is 44.6 Å². The van der Waals surface area contributed by atoms with E-state index in [1.807, 2.05) is 6.08 Å². The Kier molecular flexibility index (Phi) is 33.7. The summed E-state index contributed by atoms with van der Waals surface area (Å²) in [6.45, 7) is 2.87. The molecule has 0 aliphatic heterocycles. The van der Waals surface area contributed by atoms with Crippen LogP contribution >= 0.6 is 15.6 Å². The molecule has 1 saturated carbocycles. The lowest BCUT2D eigenvalue weighted by atomic mass is 9.85. The molecule has 19 heteroatoms. The van der Waals surface area contributed by atoms with Gasteiger partial charge in [0, 0.05) is 19.3 Å². The minimum absolute atomic E-state index is 0.0391.